The number of allylic oxidation sites excluding steroid dienone is 1. The normalized spacial score (nSPS) is 51.1. The lowest BCUT2D eigenvalue weighted by Crippen LogP contribution is -2.53. The quantitative estimate of drug-likeness (QED) is 0.692. The van der Waals surface area contributed by atoms with Crippen LogP contribution in [0.5, 0.6) is 0 Å². The van der Waals surface area contributed by atoms with Gasteiger partial charge in [0, 0.05) is 58.1 Å². The fourth-order valence-corrected chi connectivity index (χ4v) is 10.7. The van der Waals surface area contributed by atoms with Crippen LogP contribution in [0.25, 0.3) is 0 Å². The van der Waals surface area contributed by atoms with E-state index in [0.29, 0.717) is 35.2 Å². The second-order valence-electron chi connectivity index (χ2n) is 9.33. The van der Waals surface area contributed by atoms with Crippen molar-refractivity contribution in [2.75, 3.05) is 20.4 Å². The third kappa shape index (κ3) is 1.66. The number of hydrogen-bond donors (Lipinski definition) is 0. The monoisotopic (exact) mass is 390 g/mol. The number of carbonyl (C=O) groups is 1. The lowest BCUT2D eigenvalue weighted by atomic mass is 9.66. The number of ether oxygens (including phenoxy) is 1. The molecular formula is C20H26N2O2S2. The molecule has 1 spiro atoms. The van der Waals surface area contributed by atoms with Crippen LogP contribution in [0.1, 0.15) is 32.6 Å². The van der Waals surface area contributed by atoms with Crippen LogP contribution in [0.2, 0.25) is 0 Å². The molecule has 4 aliphatic heterocycles. The molecule has 3 aliphatic carbocycles. The molecule has 5 fully saturated rings. The summed E-state index contributed by atoms with van der Waals surface area (Å²) in [5.74, 6) is 1.67. The van der Waals surface area contributed by atoms with E-state index in [1.165, 1.54) is 19.3 Å². The number of likely N-dealkylation sites (tertiary alicyclic amines) is 1. The highest BCUT2D eigenvalue weighted by Gasteiger charge is 2.75. The smallest absolute Gasteiger partial charge is 0.223 e. The third-order valence-electron chi connectivity index (χ3n) is 8.42. The molecule has 6 heteroatoms. The molecule has 4 nitrogen and oxygen atoms in total. The molecule has 0 aromatic heterocycles. The summed E-state index contributed by atoms with van der Waals surface area (Å²) in [6, 6.07) is 1.01. The van der Waals surface area contributed by atoms with Crippen molar-refractivity contribution in [3.05, 3.63) is 11.3 Å². The number of likely N-dealkylation sites (N-methyl/N-ethyl adjacent to an activating group) is 1. The molecule has 0 radical (unpaired) electrons. The van der Waals surface area contributed by atoms with Crippen LogP contribution in [-0.4, -0.2) is 69.2 Å². The van der Waals surface area contributed by atoms with Gasteiger partial charge in [-0.3, -0.25) is 4.79 Å². The van der Waals surface area contributed by atoms with Crippen molar-refractivity contribution in [3.63, 3.8) is 0 Å². The second kappa shape index (κ2) is 4.80. The summed E-state index contributed by atoms with van der Waals surface area (Å²) < 4.78 is 5.75. The number of rotatable bonds is 3. The van der Waals surface area contributed by atoms with Crippen molar-refractivity contribution < 1.29 is 9.53 Å². The second-order valence-corrected chi connectivity index (χ2v) is 12.0. The minimum absolute atomic E-state index is 0.321. The highest BCUT2D eigenvalue weighted by Crippen LogP contribution is 2.76. The SMILES string of the molecule is CCN1C(=O)CC2CC1C1=C(N(COC)C3C4SC4C4SC4C13)C21CC1. The van der Waals surface area contributed by atoms with E-state index in [4.69, 9.17) is 4.74 Å². The fraction of sp³-hybridized carbons (Fsp3) is 0.850. The maximum absolute atomic E-state index is 12.9. The average molecular weight is 391 g/mol. The van der Waals surface area contributed by atoms with Crippen LogP contribution in [-0.2, 0) is 9.53 Å². The molecule has 4 heterocycles. The Bertz CT molecular complexity index is 750. The average Bonchev–Trinajstić information content (AvgIpc) is 3.49. The Morgan fingerprint density at radius 1 is 1.15 bits per heavy atom. The Balaban J connectivity index is 1.42. The van der Waals surface area contributed by atoms with Crippen LogP contribution < -0.4 is 0 Å². The van der Waals surface area contributed by atoms with Gasteiger partial charge in [-0.2, -0.15) is 11.8 Å². The van der Waals surface area contributed by atoms with Gasteiger partial charge >= 0.3 is 0 Å². The maximum Gasteiger partial charge on any atom is 0.223 e. The van der Waals surface area contributed by atoms with E-state index in [1.807, 2.05) is 7.11 Å². The zero-order valence-corrected chi connectivity index (χ0v) is 17.0. The molecule has 0 aromatic rings. The van der Waals surface area contributed by atoms with Crippen LogP contribution in [0.4, 0.5) is 0 Å². The van der Waals surface area contributed by atoms with Gasteiger partial charge in [0.1, 0.15) is 6.73 Å². The van der Waals surface area contributed by atoms with Gasteiger partial charge in [-0.15, -0.1) is 11.8 Å². The molecule has 7 rings (SSSR count). The molecule has 8 atom stereocenters. The van der Waals surface area contributed by atoms with Gasteiger partial charge in [0.2, 0.25) is 5.91 Å². The number of thioether (sulfide) groups is 2. The zero-order valence-electron chi connectivity index (χ0n) is 15.4. The number of fused-ring (bicyclic) bond motifs is 12. The third-order valence-corrected chi connectivity index (χ3v) is 11.6. The number of amides is 1. The molecule has 1 amide bonds. The molecule has 8 unspecified atom stereocenters. The van der Waals surface area contributed by atoms with Crippen molar-refractivity contribution in [1.29, 1.82) is 0 Å². The molecule has 26 heavy (non-hydrogen) atoms. The van der Waals surface area contributed by atoms with Crippen LogP contribution >= 0.6 is 23.5 Å². The molecule has 7 aliphatic rings. The van der Waals surface area contributed by atoms with Gasteiger partial charge < -0.3 is 14.5 Å². The highest BCUT2D eigenvalue weighted by molar-refractivity contribution is 8.13. The minimum Gasteiger partial charge on any atom is -0.364 e. The molecule has 0 N–H and O–H groups in total. The lowest BCUT2D eigenvalue weighted by molar-refractivity contribution is -0.139. The Labute approximate surface area is 163 Å². The largest absolute Gasteiger partial charge is 0.364 e. The van der Waals surface area contributed by atoms with E-state index in [1.54, 1.807) is 11.3 Å². The first-order valence-corrected chi connectivity index (χ1v) is 12.2. The first-order chi connectivity index (χ1) is 12.7. The van der Waals surface area contributed by atoms with Gasteiger partial charge in [0.15, 0.2) is 0 Å². The van der Waals surface area contributed by atoms with Gasteiger partial charge in [-0.05, 0) is 37.7 Å². The molecular weight excluding hydrogens is 364 g/mol. The van der Waals surface area contributed by atoms with E-state index in [-0.39, 0.29) is 0 Å². The van der Waals surface area contributed by atoms with Crippen molar-refractivity contribution in [3.8, 4) is 0 Å². The van der Waals surface area contributed by atoms with E-state index in [9.17, 15) is 4.79 Å². The summed E-state index contributed by atoms with van der Waals surface area (Å²) in [4.78, 5) is 17.9. The summed E-state index contributed by atoms with van der Waals surface area (Å²) in [5.41, 5.74) is 3.68. The van der Waals surface area contributed by atoms with E-state index in [2.05, 4.69) is 40.2 Å². The van der Waals surface area contributed by atoms with Crippen molar-refractivity contribution >= 4 is 29.4 Å². The van der Waals surface area contributed by atoms with E-state index >= 15 is 0 Å². The number of hydrogen-bond acceptors (Lipinski definition) is 5. The van der Waals surface area contributed by atoms with Gasteiger partial charge in [-0.1, -0.05) is 0 Å². The Morgan fingerprint density at radius 2 is 1.92 bits per heavy atom. The molecule has 140 valence electrons. The van der Waals surface area contributed by atoms with Gasteiger partial charge in [-0.25, -0.2) is 0 Å². The summed E-state index contributed by atoms with van der Waals surface area (Å²) >= 11 is 4.46. The first kappa shape index (κ1) is 15.6. The number of methoxy groups -OCH3 is 1. The molecule has 3 saturated heterocycles. The number of carbonyl (C=O) groups excluding carboxylic acids is 1. The predicted octanol–water partition coefficient (Wildman–Crippen LogP) is 2.55. The zero-order chi connectivity index (χ0) is 17.4. The summed E-state index contributed by atoms with van der Waals surface area (Å²) in [5, 5.41) is 3.40. The first-order valence-electron chi connectivity index (χ1n) is 10.3. The minimum atomic E-state index is 0.321. The Morgan fingerprint density at radius 3 is 2.65 bits per heavy atom. The number of nitrogens with zero attached hydrogens (tertiary/aromatic N) is 2. The number of piperidine rings is 1. The van der Waals surface area contributed by atoms with Crippen LogP contribution in [0.15, 0.2) is 11.3 Å². The fourth-order valence-electron chi connectivity index (χ4n) is 7.28. The van der Waals surface area contributed by atoms with E-state index < -0.39 is 0 Å². The predicted molar refractivity (Wildman–Crippen MR) is 104 cm³/mol. The molecule has 0 aromatic carbocycles. The lowest BCUT2D eigenvalue weighted by Gasteiger charge is -2.49. The molecule has 2 saturated carbocycles. The van der Waals surface area contributed by atoms with Gasteiger partial charge in [0.05, 0.1) is 12.1 Å². The summed E-state index contributed by atoms with van der Waals surface area (Å²) in [7, 11) is 1.85. The summed E-state index contributed by atoms with van der Waals surface area (Å²) in [6.07, 6.45) is 4.60. The van der Waals surface area contributed by atoms with Crippen LogP contribution in [0.3, 0.4) is 0 Å². The molecule has 2 bridgehead atoms. The topological polar surface area (TPSA) is 32.8 Å². The van der Waals surface area contributed by atoms with Gasteiger partial charge in [0.25, 0.3) is 0 Å². The Kier molecular flexibility index (Phi) is 2.87. The van der Waals surface area contributed by atoms with Crippen LogP contribution in [0, 0.1) is 17.3 Å². The highest BCUT2D eigenvalue weighted by atomic mass is 32.2. The van der Waals surface area contributed by atoms with Crippen molar-refractivity contribution in [2.45, 2.75) is 65.7 Å². The van der Waals surface area contributed by atoms with E-state index in [0.717, 1.165) is 40.7 Å². The van der Waals surface area contributed by atoms with Crippen molar-refractivity contribution in [2.24, 2.45) is 17.3 Å². The standard InChI is InChI=1S/C20H26N2O2S2/c1-3-21-10-6-9(7-11(21)23)20(4-5-20)19-12(10)13-14(22(19)8-24-2)16-18(26-16)17-15(13)25-17/h9-10,13-18H,3-8H2,1-2H3. The maximum atomic E-state index is 12.9. The van der Waals surface area contributed by atoms with Crippen molar-refractivity contribution in [1.82, 2.24) is 9.80 Å². The Hall–Kier alpha value is -0.330. The summed E-state index contributed by atoms with van der Waals surface area (Å²) in [6.45, 7) is 3.78.